The van der Waals surface area contributed by atoms with Gasteiger partial charge in [0.15, 0.2) is 0 Å². The van der Waals surface area contributed by atoms with Gasteiger partial charge in [0, 0.05) is 12.7 Å². The molecule has 6 nitrogen and oxygen atoms in total. The van der Waals surface area contributed by atoms with Gasteiger partial charge >= 0.3 is 11.7 Å². The lowest BCUT2D eigenvalue weighted by Gasteiger charge is -2.10. The third-order valence-electron chi connectivity index (χ3n) is 2.73. The van der Waals surface area contributed by atoms with Crippen molar-refractivity contribution in [2.45, 2.75) is 5.92 Å². The Labute approximate surface area is 102 Å². The molecule has 5 N–H and O–H groups in total. The molecule has 0 bridgehead atoms. The smallest absolute Gasteiger partial charge is 0.323 e. The van der Waals surface area contributed by atoms with E-state index < -0.39 is 11.9 Å². The summed E-state index contributed by atoms with van der Waals surface area (Å²) in [5.41, 5.74) is 7.12. The number of imidazole rings is 1. The van der Waals surface area contributed by atoms with E-state index in [2.05, 4.69) is 9.97 Å². The van der Waals surface area contributed by atoms with E-state index in [1.807, 2.05) is 0 Å². The van der Waals surface area contributed by atoms with Crippen LogP contribution >= 0.6 is 0 Å². The predicted octanol–water partition coefficient (Wildman–Crippen LogP) is 0.497. The molecule has 0 aliphatic rings. The van der Waals surface area contributed by atoms with Gasteiger partial charge < -0.3 is 20.8 Å². The average molecular weight is 247 g/mol. The second-order valence-corrected chi connectivity index (χ2v) is 3.91. The maximum atomic E-state index is 11.0. The lowest BCUT2D eigenvalue weighted by atomic mass is 9.97. The first-order valence-corrected chi connectivity index (χ1v) is 5.42. The fourth-order valence-electron chi connectivity index (χ4n) is 1.79. The van der Waals surface area contributed by atoms with Crippen LogP contribution in [0.4, 0.5) is 0 Å². The third-order valence-corrected chi connectivity index (χ3v) is 2.73. The number of rotatable bonds is 4. The first kappa shape index (κ1) is 12.1. The molecule has 1 aromatic carbocycles. The van der Waals surface area contributed by atoms with Crippen molar-refractivity contribution < 1.29 is 9.90 Å². The maximum absolute atomic E-state index is 11.0. The normalized spacial score (nSPS) is 12.3. The van der Waals surface area contributed by atoms with Gasteiger partial charge in [0.25, 0.3) is 0 Å². The summed E-state index contributed by atoms with van der Waals surface area (Å²) < 4.78 is 0. The highest BCUT2D eigenvalue weighted by atomic mass is 16.4. The number of carboxylic acid groups (broad SMARTS) is 1. The van der Waals surface area contributed by atoms with Crippen LogP contribution in [0.15, 0.2) is 35.3 Å². The highest BCUT2D eigenvalue weighted by Gasteiger charge is 2.18. The minimum atomic E-state index is -0.961. The van der Waals surface area contributed by atoms with Crippen molar-refractivity contribution in [2.75, 3.05) is 6.54 Å². The second kappa shape index (κ2) is 4.89. The molecule has 6 heteroatoms. The van der Waals surface area contributed by atoms with E-state index in [0.717, 1.165) is 5.56 Å². The number of aliphatic carboxylic acids is 1. The highest BCUT2D eigenvalue weighted by molar-refractivity contribution is 5.77. The summed E-state index contributed by atoms with van der Waals surface area (Å²) in [6.45, 7) is 0.0302. The lowest BCUT2D eigenvalue weighted by Crippen LogP contribution is -2.21. The molecule has 1 unspecified atom stereocenters. The molecule has 1 heterocycles. The van der Waals surface area contributed by atoms with Gasteiger partial charge in [0.2, 0.25) is 0 Å². The quantitative estimate of drug-likeness (QED) is 0.630. The van der Waals surface area contributed by atoms with E-state index in [-0.39, 0.29) is 12.2 Å². The Hall–Kier alpha value is -2.34. The molecule has 94 valence electrons. The van der Waals surface area contributed by atoms with Crippen LogP contribution in [0.1, 0.15) is 11.5 Å². The minimum Gasteiger partial charge on any atom is -0.481 e. The highest BCUT2D eigenvalue weighted by Crippen LogP contribution is 2.21. The molecule has 0 fully saturated rings. The van der Waals surface area contributed by atoms with Crippen molar-refractivity contribution in [3.8, 4) is 11.3 Å². The number of hydrogen-bond donors (Lipinski definition) is 4. The first-order chi connectivity index (χ1) is 8.61. The first-order valence-electron chi connectivity index (χ1n) is 5.42. The number of nitrogens with two attached hydrogens (primary N) is 1. The molecule has 0 radical (unpaired) electrons. The Kier molecular flexibility index (Phi) is 3.29. The van der Waals surface area contributed by atoms with Crippen LogP contribution in [0.25, 0.3) is 11.3 Å². The molecule has 1 aromatic heterocycles. The second-order valence-electron chi connectivity index (χ2n) is 3.91. The Balaban J connectivity index is 2.41. The summed E-state index contributed by atoms with van der Waals surface area (Å²) in [5, 5.41) is 9.05. The summed E-state index contributed by atoms with van der Waals surface area (Å²) in [5.74, 6) is -1.70. The molecule has 18 heavy (non-hydrogen) atoms. The van der Waals surface area contributed by atoms with Crippen molar-refractivity contribution in [1.29, 1.82) is 0 Å². The minimum absolute atomic E-state index is 0.0302. The zero-order valence-electron chi connectivity index (χ0n) is 9.51. The van der Waals surface area contributed by atoms with E-state index in [4.69, 9.17) is 10.8 Å². The number of carboxylic acids is 1. The number of aromatic amines is 2. The van der Waals surface area contributed by atoms with E-state index >= 15 is 0 Å². The molecule has 0 amide bonds. The molecule has 2 aromatic rings. The van der Waals surface area contributed by atoms with Crippen molar-refractivity contribution >= 4 is 5.97 Å². The number of aromatic nitrogens is 2. The summed E-state index contributed by atoms with van der Waals surface area (Å²) in [6.07, 6.45) is 1.54. The van der Waals surface area contributed by atoms with Crippen LogP contribution in [0, 0.1) is 0 Å². The van der Waals surface area contributed by atoms with E-state index in [0.29, 0.717) is 11.3 Å². The van der Waals surface area contributed by atoms with Gasteiger partial charge in [-0.1, -0.05) is 18.2 Å². The van der Waals surface area contributed by atoms with Gasteiger partial charge in [-0.15, -0.1) is 0 Å². The van der Waals surface area contributed by atoms with E-state index in [9.17, 15) is 9.59 Å². The predicted molar refractivity (Wildman–Crippen MR) is 66.3 cm³/mol. The van der Waals surface area contributed by atoms with Gasteiger partial charge in [0.05, 0.1) is 11.6 Å². The number of nitrogens with one attached hydrogen (secondary N) is 2. The summed E-state index contributed by atoms with van der Waals surface area (Å²) >= 11 is 0. The molecule has 1 atom stereocenters. The fourth-order valence-corrected chi connectivity index (χ4v) is 1.79. The fraction of sp³-hybridized carbons (Fsp3) is 0.167. The Morgan fingerprint density at radius 2 is 2.22 bits per heavy atom. The molecule has 0 saturated heterocycles. The monoisotopic (exact) mass is 247 g/mol. The summed E-state index contributed by atoms with van der Waals surface area (Å²) in [6, 6.07) is 6.95. The van der Waals surface area contributed by atoms with Gasteiger partial charge in [-0.2, -0.15) is 0 Å². The van der Waals surface area contributed by atoms with Crippen molar-refractivity contribution in [3.05, 3.63) is 46.5 Å². The standard InChI is InChI=1S/C12H13N3O3/c13-5-9(11(16)17)7-2-1-3-8(4-7)10-6-14-12(18)15-10/h1-4,6,9H,5,13H2,(H,16,17)(H2,14,15,18). The Morgan fingerprint density at radius 3 is 2.78 bits per heavy atom. The largest absolute Gasteiger partial charge is 0.481 e. The Morgan fingerprint density at radius 1 is 1.44 bits per heavy atom. The van der Waals surface area contributed by atoms with Crippen molar-refractivity contribution in [1.82, 2.24) is 9.97 Å². The Bertz CT molecular complexity index is 615. The lowest BCUT2D eigenvalue weighted by molar-refractivity contribution is -0.138. The molecular formula is C12H13N3O3. The topological polar surface area (TPSA) is 112 Å². The van der Waals surface area contributed by atoms with Crippen LogP contribution in [-0.4, -0.2) is 27.6 Å². The van der Waals surface area contributed by atoms with Crippen molar-refractivity contribution in [2.24, 2.45) is 5.73 Å². The number of hydrogen-bond acceptors (Lipinski definition) is 3. The van der Waals surface area contributed by atoms with Crippen LogP contribution in [0.2, 0.25) is 0 Å². The molecule has 0 spiro atoms. The molecule has 2 rings (SSSR count). The van der Waals surface area contributed by atoms with Crippen LogP contribution < -0.4 is 11.4 Å². The summed E-state index contributed by atoms with van der Waals surface area (Å²) in [4.78, 5) is 27.2. The van der Waals surface area contributed by atoms with Crippen molar-refractivity contribution in [3.63, 3.8) is 0 Å². The van der Waals surface area contributed by atoms with E-state index in [1.54, 1.807) is 30.5 Å². The maximum Gasteiger partial charge on any atom is 0.323 e. The molecule has 0 aliphatic carbocycles. The van der Waals surface area contributed by atoms with Gasteiger partial charge in [0.1, 0.15) is 0 Å². The van der Waals surface area contributed by atoms with E-state index in [1.165, 1.54) is 0 Å². The number of benzene rings is 1. The van der Waals surface area contributed by atoms with Crippen LogP contribution in [0.5, 0.6) is 0 Å². The average Bonchev–Trinajstić information content (AvgIpc) is 2.77. The van der Waals surface area contributed by atoms with Gasteiger partial charge in [-0.3, -0.25) is 4.79 Å². The SMILES string of the molecule is NCC(C(=O)O)c1cccc(-c2c[nH]c(=O)[nH]2)c1. The summed E-state index contributed by atoms with van der Waals surface area (Å²) in [7, 11) is 0. The van der Waals surface area contributed by atoms with Crippen LogP contribution in [0.3, 0.4) is 0 Å². The molecule has 0 aliphatic heterocycles. The zero-order chi connectivity index (χ0) is 13.1. The third kappa shape index (κ3) is 2.33. The molecule has 0 saturated carbocycles. The zero-order valence-corrected chi connectivity index (χ0v) is 9.51. The number of H-pyrrole nitrogens is 2. The van der Waals surface area contributed by atoms with Crippen LogP contribution in [-0.2, 0) is 4.79 Å². The molecular weight excluding hydrogens is 234 g/mol. The number of carbonyl (C=O) groups is 1. The van der Waals surface area contributed by atoms with Gasteiger partial charge in [-0.25, -0.2) is 4.79 Å². The van der Waals surface area contributed by atoms with Gasteiger partial charge in [-0.05, 0) is 17.2 Å².